The van der Waals surface area contributed by atoms with Gasteiger partial charge in [0.1, 0.15) is 12.6 Å². The average molecular weight is 449 g/mol. The molecule has 0 aromatic heterocycles. The number of carbonyl (C=O) groups is 3. The van der Waals surface area contributed by atoms with E-state index >= 15 is 0 Å². The molecular weight excluding hydrogens is 420 g/mol. The molecule has 1 aliphatic rings. The number of alkyl carbamates (subject to hydrolysis) is 1. The molecule has 2 amide bonds. The normalized spacial score (nSPS) is 12.5. The van der Waals surface area contributed by atoms with Crippen LogP contribution in [-0.2, 0) is 14.3 Å². The molecule has 172 valence electrons. The zero-order valence-electron chi connectivity index (χ0n) is 18.6. The number of amides is 2. The van der Waals surface area contributed by atoms with Crippen LogP contribution in [0.25, 0.3) is 11.1 Å². The summed E-state index contributed by atoms with van der Waals surface area (Å²) in [6.07, 6.45) is 0.840. The van der Waals surface area contributed by atoms with Crippen LogP contribution in [0.3, 0.4) is 0 Å². The maximum atomic E-state index is 12.2. The summed E-state index contributed by atoms with van der Waals surface area (Å²) in [6.45, 7) is 2.23. The number of nitrogens with one attached hydrogen (secondary N) is 2. The molecule has 0 radical (unpaired) electrons. The fourth-order valence-corrected chi connectivity index (χ4v) is 3.92. The summed E-state index contributed by atoms with van der Waals surface area (Å²) in [7, 11) is 0. The maximum absolute atomic E-state index is 12.2. The highest BCUT2D eigenvalue weighted by molar-refractivity contribution is 5.83. The number of benzene rings is 2. The Labute approximate surface area is 193 Å². The van der Waals surface area contributed by atoms with Crippen LogP contribution >= 0.6 is 0 Å². The van der Waals surface area contributed by atoms with Gasteiger partial charge in [0.2, 0.25) is 5.91 Å². The highest BCUT2D eigenvalue weighted by Gasteiger charge is 2.28. The van der Waals surface area contributed by atoms with E-state index < -0.39 is 18.1 Å². The fraction of sp³-hybridized carbons (Fsp3) is 0.346. The smallest absolute Gasteiger partial charge is 0.407 e. The van der Waals surface area contributed by atoms with Gasteiger partial charge in [-0.25, -0.2) is 9.59 Å². The lowest BCUT2D eigenvalue weighted by Gasteiger charge is -2.14. The molecule has 2 aromatic carbocycles. The first kappa shape index (κ1) is 23.9. The monoisotopic (exact) mass is 448 g/mol. The first-order valence-corrected chi connectivity index (χ1v) is 11.0. The van der Waals surface area contributed by atoms with Crippen molar-refractivity contribution in [1.82, 2.24) is 10.6 Å². The number of rotatable bonds is 10. The highest BCUT2D eigenvalue weighted by Crippen LogP contribution is 2.44. The van der Waals surface area contributed by atoms with E-state index in [2.05, 4.69) is 46.7 Å². The summed E-state index contributed by atoms with van der Waals surface area (Å²) in [5.41, 5.74) is 4.66. The molecule has 3 N–H and O–H groups in total. The predicted molar refractivity (Wildman–Crippen MR) is 125 cm³/mol. The lowest BCUT2D eigenvalue weighted by atomic mass is 9.98. The number of unbranched alkanes of at least 4 members (excludes halogenated alkanes) is 1. The van der Waals surface area contributed by atoms with Gasteiger partial charge < -0.3 is 20.5 Å². The second-order valence-corrected chi connectivity index (χ2v) is 7.80. The van der Waals surface area contributed by atoms with Crippen LogP contribution in [0.2, 0.25) is 0 Å². The number of hydrogen-bond acceptors (Lipinski definition) is 4. The van der Waals surface area contributed by atoms with E-state index in [1.54, 1.807) is 6.92 Å². The highest BCUT2D eigenvalue weighted by atomic mass is 16.5. The van der Waals surface area contributed by atoms with Crippen LogP contribution in [0.15, 0.2) is 48.5 Å². The summed E-state index contributed by atoms with van der Waals surface area (Å²) in [4.78, 5) is 35.2. The van der Waals surface area contributed by atoms with Gasteiger partial charge in [-0.1, -0.05) is 48.5 Å². The van der Waals surface area contributed by atoms with E-state index in [4.69, 9.17) is 9.84 Å². The summed E-state index contributed by atoms with van der Waals surface area (Å²) >= 11 is 0. The van der Waals surface area contributed by atoms with E-state index in [0.29, 0.717) is 19.4 Å². The van der Waals surface area contributed by atoms with Crippen molar-refractivity contribution in [2.45, 2.75) is 44.6 Å². The third kappa shape index (κ3) is 6.36. The molecule has 3 rings (SSSR count). The Balaban J connectivity index is 1.37. The molecule has 0 aliphatic heterocycles. The van der Waals surface area contributed by atoms with Gasteiger partial charge in [-0.2, -0.15) is 0 Å². The molecule has 1 unspecified atom stereocenters. The van der Waals surface area contributed by atoms with Crippen LogP contribution in [0.4, 0.5) is 4.79 Å². The van der Waals surface area contributed by atoms with E-state index in [1.807, 2.05) is 24.3 Å². The maximum Gasteiger partial charge on any atom is 0.407 e. The number of ether oxygens (including phenoxy) is 1. The van der Waals surface area contributed by atoms with Crippen molar-refractivity contribution in [3.8, 4) is 23.0 Å². The minimum Gasteiger partial charge on any atom is -0.480 e. The van der Waals surface area contributed by atoms with Gasteiger partial charge in [-0.15, -0.1) is 11.8 Å². The van der Waals surface area contributed by atoms with Gasteiger partial charge in [0.25, 0.3) is 0 Å². The van der Waals surface area contributed by atoms with Crippen LogP contribution in [0.5, 0.6) is 0 Å². The van der Waals surface area contributed by atoms with Gasteiger partial charge >= 0.3 is 12.1 Å². The summed E-state index contributed by atoms with van der Waals surface area (Å²) in [5.74, 6) is 3.83. The van der Waals surface area contributed by atoms with E-state index in [-0.39, 0.29) is 31.3 Å². The van der Waals surface area contributed by atoms with Gasteiger partial charge in [0.15, 0.2) is 0 Å². The van der Waals surface area contributed by atoms with Crippen LogP contribution in [0.1, 0.15) is 49.7 Å². The number of fused-ring (bicyclic) bond motifs is 3. The van der Waals surface area contributed by atoms with Crippen molar-refractivity contribution in [3.05, 3.63) is 59.7 Å². The molecule has 2 aromatic rings. The Morgan fingerprint density at radius 3 is 2.27 bits per heavy atom. The number of carbonyl (C=O) groups excluding carboxylic acids is 2. The first-order valence-electron chi connectivity index (χ1n) is 11.0. The van der Waals surface area contributed by atoms with E-state index in [0.717, 1.165) is 11.1 Å². The second kappa shape index (κ2) is 11.7. The van der Waals surface area contributed by atoms with Crippen LogP contribution < -0.4 is 10.6 Å². The lowest BCUT2D eigenvalue weighted by molar-refractivity contribution is -0.141. The minimum absolute atomic E-state index is 0.00595. The minimum atomic E-state index is -1.11. The Morgan fingerprint density at radius 2 is 1.67 bits per heavy atom. The number of hydrogen-bond donors (Lipinski definition) is 3. The predicted octanol–water partition coefficient (Wildman–Crippen LogP) is 3.68. The Morgan fingerprint density at radius 1 is 1.03 bits per heavy atom. The zero-order chi connectivity index (χ0) is 23.6. The molecule has 33 heavy (non-hydrogen) atoms. The Kier molecular flexibility index (Phi) is 8.48. The molecule has 1 atom stereocenters. The SMILES string of the molecule is CC#CCC(NC(=O)CCCCNC(=O)OCC1c2ccccc2-c2ccccc21)C(=O)O. The Bertz CT molecular complexity index is 1020. The third-order valence-corrected chi connectivity index (χ3v) is 5.56. The molecule has 0 saturated heterocycles. The summed E-state index contributed by atoms with van der Waals surface area (Å²) in [6, 6.07) is 15.3. The second-order valence-electron chi connectivity index (χ2n) is 7.80. The molecule has 7 heteroatoms. The molecular formula is C26H28N2O5. The first-order chi connectivity index (χ1) is 16.0. The standard InChI is InChI=1S/C26H28N2O5/c1-2-3-14-23(25(30)31)28-24(29)15-8-9-16-27-26(32)33-17-22-20-12-6-4-10-18(20)19-11-5-7-13-21(19)22/h4-7,10-13,22-23H,8-9,14-17H2,1H3,(H,27,32)(H,28,29)(H,30,31). The van der Waals surface area contributed by atoms with Crippen LogP contribution in [-0.4, -0.2) is 42.3 Å². The van der Waals surface area contributed by atoms with Crippen molar-refractivity contribution in [1.29, 1.82) is 0 Å². The van der Waals surface area contributed by atoms with Gasteiger partial charge in [0.05, 0.1) is 0 Å². The van der Waals surface area contributed by atoms with Crippen molar-refractivity contribution >= 4 is 18.0 Å². The molecule has 0 fully saturated rings. The molecule has 7 nitrogen and oxygen atoms in total. The molecule has 0 saturated carbocycles. The lowest BCUT2D eigenvalue weighted by Crippen LogP contribution is -2.40. The summed E-state index contributed by atoms with van der Waals surface area (Å²) < 4.78 is 5.48. The largest absolute Gasteiger partial charge is 0.480 e. The molecule has 0 spiro atoms. The average Bonchev–Trinajstić information content (AvgIpc) is 3.13. The fourth-order valence-electron chi connectivity index (χ4n) is 3.92. The summed E-state index contributed by atoms with van der Waals surface area (Å²) in [5, 5.41) is 14.3. The van der Waals surface area contributed by atoms with E-state index in [1.165, 1.54) is 11.1 Å². The molecule has 0 heterocycles. The van der Waals surface area contributed by atoms with E-state index in [9.17, 15) is 14.4 Å². The number of aliphatic carboxylic acids is 1. The van der Waals surface area contributed by atoms with Crippen molar-refractivity contribution in [3.63, 3.8) is 0 Å². The van der Waals surface area contributed by atoms with Crippen molar-refractivity contribution < 1.29 is 24.2 Å². The number of carboxylic acids is 1. The topological polar surface area (TPSA) is 105 Å². The van der Waals surface area contributed by atoms with Crippen molar-refractivity contribution in [2.75, 3.05) is 13.2 Å². The van der Waals surface area contributed by atoms with Gasteiger partial charge in [0, 0.05) is 25.3 Å². The third-order valence-electron chi connectivity index (χ3n) is 5.56. The zero-order valence-corrected chi connectivity index (χ0v) is 18.6. The molecule has 0 bridgehead atoms. The quantitative estimate of drug-likeness (QED) is 0.380. The van der Waals surface area contributed by atoms with Gasteiger partial charge in [-0.05, 0) is 42.0 Å². The Hall–Kier alpha value is -3.79. The van der Waals surface area contributed by atoms with Crippen LogP contribution in [0, 0.1) is 11.8 Å². The van der Waals surface area contributed by atoms with Crippen molar-refractivity contribution in [2.24, 2.45) is 0 Å². The number of carboxylic acid groups (broad SMARTS) is 1. The van der Waals surface area contributed by atoms with Gasteiger partial charge in [-0.3, -0.25) is 4.79 Å². The molecule has 1 aliphatic carbocycles.